The van der Waals surface area contributed by atoms with Gasteiger partial charge in [-0.05, 0) is 63.1 Å². The van der Waals surface area contributed by atoms with Crippen molar-refractivity contribution in [3.63, 3.8) is 0 Å². The number of nitrogens with zero attached hydrogens (tertiary/aromatic N) is 2. The summed E-state index contributed by atoms with van der Waals surface area (Å²) < 4.78 is 43.3. The molecule has 0 spiro atoms. The van der Waals surface area contributed by atoms with Crippen molar-refractivity contribution in [3.8, 4) is 0 Å². The second kappa shape index (κ2) is 13.1. The summed E-state index contributed by atoms with van der Waals surface area (Å²) in [6, 6.07) is 17.3. The Labute approximate surface area is 234 Å². The summed E-state index contributed by atoms with van der Waals surface area (Å²) in [7, 11) is -4.22. The van der Waals surface area contributed by atoms with E-state index in [0.717, 1.165) is 4.31 Å². The maximum absolute atomic E-state index is 14.6. The molecular formula is C29H33ClFN3O4S. The zero-order valence-corrected chi connectivity index (χ0v) is 24.0. The summed E-state index contributed by atoms with van der Waals surface area (Å²) in [5.74, 6) is -1.64. The number of carbonyl (C=O) groups is 2. The molecule has 7 nitrogen and oxygen atoms in total. The highest BCUT2D eigenvalue weighted by molar-refractivity contribution is 7.92. The summed E-state index contributed by atoms with van der Waals surface area (Å²) in [6.07, 6.45) is 0.677. The molecule has 0 heterocycles. The Morgan fingerprint density at radius 3 is 2.28 bits per heavy atom. The van der Waals surface area contributed by atoms with Gasteiger partial charge in [0.25, 0.3) is 10.0 Å². The molecule has 0 aliphatic heterocycles. The Bertz CT molecular complexity index is 1420. The molecule has 0 bridgehead atoms. The van der Waals surface area contributed by atoms with Crippen molar-refractivity contribution in [2.75, 3.05) is 10.8 Å². The van der Waals surface area contributed by atoms with Crippen LogP contribution in [0.1, 0.15) is 38.3 Å². The Kier molecular flexibility index (Phi) is 10.1. The first-order valence-corrected chi connectivity index (χ1v) is 14.4. The van der Waals surface area contributed by atoms with E-state index in [0.29, 0.717) is 17.0 Å². The van der Waals surface area contributed by atoms with Crippen molar-refractivity contribution in [2.24, 2.45) is 0 Å². The average Bonchev–Trinajstić information content (AvgIpc) is 2.92. The van der Waals surface area contributed by atoms with Crippen LogP contribution in [-0.2, 0) is 26.2 Å². The first-order valence-electron chi connectivity index (χ1n) is 12.6. The minimum Gasteiger partial charge on any atom is -0.352 e. The van der Waals surface area contributed by atoms with Gasteiger partial charge in [-0.2, -0.15) is 0 Å². The molecule has 39 heavy (non-hydrogen) atoms. The topological polar surface area (TPSA) is 86.8 Å². The number of anilines is 1. The van der Waals surface area contributed by atoms with E-state index in [1.165, 1.54) is 48.2 Å². The van der Waals surface area contributed by atoms with Crippen molar-refractivity contribution in [3.05, 3.63) is 94.8 Å². The van der Waals surface area contributed by atoms with Crippen LogP contribution < -0.4 is 9.62 Å². The Hall–Kier alpha value is -3.43. The standard InChI is InChI=1S/C29H33ClFN3O4S/c1-5-21(3)32-29(36)22(4)33(18-23-11-9-10-14-26(23)31)28(35)19-34(27-17-24(30)16-15-20(27)2)39(37,38)25-12-7-6-8-13-25/h6-17,21-22H,5,18-19H2,1-4H3,(H,32,36)/t21-,22+/m1/s1. The van der Waals surface area contributed by atoms with Gasteiger partial charge in [0.15, 0.2) is 0 Å². The third-order valence-electron chi connectivity index (χ3n) is 6.52. The minimum absolute atomic E-state index is 0.0135. The maximum atomic E-state index is 14.6. The summed E-state index contributed by atoms with van der Waals surface area (Å²) in [4.78, 5) is 28.1. The lowest BCUT2D eigenvalue weighted by Crippen LogP contribution is -2.52. The highest BCUT2D eigenvalue weighted by Gasteiger charge is 2.33. The molecule has 0 aliphatic carbocycles. The molecule has 10 heteroatoms. The molecule has 0 radical (unpaired) electrons. The lowest BCUT2D eigenvalue weighted by atomic mass is 10.1. The third-order valence-corrected chi connectivity index (χ3v) is 8.53. The summed E-state index contributed by atoms with van der Waals surface area (Å²) in [6.45, 7) is 6.14. The number of hydrogen-bond donors (Lipinski definition) is 1. The number of aryl methyl sites for hydroxylation is 1. The van der Waals surface area contributed by atoms with Crippen LogP contribution in [0.4, 0.5) is 10.1 Å². The zero-order valence-electron chi connectivity index (χ0n) is 22.4. The van der Waals surface area contributed by atoms with Crippen molar-refractivity contribution in [1.82, 2.24) is 10.2 Å². The van der Waals surface area contributed by atoms with E-state index in [9.17, 15) is 22.4 Å². The van der Waals surface area contributed by atoms with Gasteiger partial charge >= 0.3 is 0 Å². The number of carbonyl (C=O) groups excluding carboxylic acids is 2. The van der Waals surface area contributed by atoms with Gasteiger partial charge < -0.3 is 10.2 Å². The van der Waals surface area contributed by atoms with Crippen LogP contribution in [0.3, 0.4) is 0 Å². The number of rotatable bonds is 11. The van der Waals surface area contributed by atoms with Crippen molar-refractivity contribution >= 4 is 39.1 Å². The van der Waals surface area contributed by atoms with E-state index in [1.54, 1.807) is 43.3 Å². The normalized spacial score (nSPS) is 12.9. The smallest absolute Gasteiger partial charge is 0.264 e. The summed E-state index contributed by atoms with van der Waals surface area (Å²) >= 11 is 6.22. The number of amides is 2. The van der Waals surface area contributed by atoms with Gasteiger partial charge in [-0.15, -0.1) is 0 Å². The summed E-state index contributed by atoms with van der Waals surface area (Å²) in [5.41, 5.74) is 1.00. The molecule has 0 fully saturated rings. The molecule has 3 rings (SSSR count). The number of sulfonamides is 1. The van der Waals surface area contributed by atoms with Crippen LogP contribution in [0.25, 0.3) is 0 Å². The van der Waals surface area contributed by atoms with Gasteiger partial charge in [0, 0.05) is 23.2 Å². The fraction of sp³-hybridized carbons (Fsp3) is 0.310. The Morgan fingerprint density at radius 2 is 1.64 bits per heavy atom. The molecule has 3 aromatic rings. The van der Waals surface area contributed by atoms with Gasteiger partial charge in [0.2, 0.25) is 11.8 Å². The molecule has 208 valence electrons. The predicted molar refractivity (Wildman–Crippen MR) is 151 cm³/mol. The Balaban J connectivity index is 2.07. The fourth-order valence-corrected chi connectivity index (χ4v) is 5.60. The molecule has 2 amide bonds. The molecular weight excluding hydrogens is 541 g/mol. The second-order valence-corrected chi connectivity index (χ2v) is 11.7. The van der Waals surface area contributed by atoms with Crippen molar-refractivity contribution < 1.29 is 22.4 Å². The molecule has 1 N–H and O–H groups in total. The van der Waals surface area contributed by atoms with Crippen molar-refractivity contribution in [1.29, 1.82) is 0 Å². The first-order chi connectivity index (χ1) is 18.4. The van der Waals surface area contributed by atoms with Crippen LogP contribution in [-0.4, -0.2) is 43.8 Å². The summed E-state index contributed by atoms with van der Waals surface area (Å²) in [5, 5.41) is 3.14. The zero-order chi connectivity index (χ0) is 28.7. The largest absolute Gasteiger partial charge is 0.352 e. The average molecular weight is 574 g/mol. The van der Waals surface area contributed by atoms with E-state index in [2.05, 4.69) is 5.32 Å². The van der Waals surface area contributed by atoms with E-state index in [4.69, 9.17) is 11.6 Å². The monoisotopic (exact) mass is 573 g/mol. The SMILES string of the molecule is CC[C@@H](C)NC(=O)[C@H](C)N(Cc1ccccc1F)C(=O)CN(c1cc(Cl)ccc1C)S(=O)(=O)c1ccccc1. The lowest BCUT2D eigenvalue weighted by Gasteiger charge is -2.33. The van der Waals surface area contributed by atoms with Crippen LogP contribution in [0.2, 0.25) is 5.02 Å². The molecule has 2 atom stereocenters. The quantitative estimate of drug-likeness (QED) is 0.337. The minimum atomic E-state index is -4.22. The Morgan fingerprint density at radius 1 is 1.00 bits per heavy atom. The van der Waals surface area contributed by atoms with Crippen LogP contribution in [0, 0.1) is 12.7 Å². The lowest BCUT2D eigenvalue weighted by molar-refractivity contribution is -0.139. The van der Waals surface area contributed by atoms with Crippen LogP contribution >= 0.6 is 11.6 Å². The second-order valence-electron chi connectivity index (χ2n) is 9.36. The molecule has 0 saturated carbocycles. The highest BCUT2D eigenvalue weighted by atomic mass is 35.5. The van der Waals surface area contributed by atoms with Crippen molar-refractivity contribution in [2.45, 2.75) is 57.6 Å². The van der Waals surface area contributed by atoms with E-state index >= 15 is 0 Å². The number of nitrogens with one attached hydrogen (secondary N) is 1. The van der Waals surface area contributed by atoms with E-state index < -0.39 is 40.2 Å². The molecule has 3 aromatic carbocycles. The van der Waals surface area contributed by atoms with Crippen LogP contribution in [0.15, 0.2) is 77.7 Å². The molecule has 0 aromatic heterocycles. The number of hydrogen-bond acceptors (Lipinski definition) is 4. The van der Waals surface area contributed by atoms with E-state index in [1.807, 2.05) is 13.8 Å². The first kappa shape index (κ1) is 30.1. The van der Waals surface area contributed by atoms with Crippen LogP contribution in [0.5, 0.6) is 0 Å². The molecule has 0 saturated heterocycles. The van der Waals surface area contributed by atoms with Gasteiger partial charge in [0.05, 0.1) is 10.6 Å². The highest BCUT2D eigenvalue weighted by Crippen LogP contribution is 2.30. The number of halogens is 2. The number of benzene rings is 3. The predicted octanol–water partition coefficient (Wildman–Crippen LogP) is 5.31. The maximum Gasteiger partial charge on any atom is 0.264 e. The van der Waals surface area contributed by atoms with Gasteiger partial charge in [-0.3, -0.25) is 13.9 Å². The fourth-order valence-electron chi connectivity index (χ4n) is 3.94. The molecule has 0 unspecified atom stereocenters. The van der Waals surface area contributed by atoms with Gasteiger partial charge in [-0.1, -0.05) is 61.0 Å². The third kappa shape index (κ3) is 7.36. The van der Waals surface area contributed by atoms with E-state index in [-0.39, 0.29) is 28.7 Å². The van der Waals surface area contributed by atoms with Gasteiger partial charge in [0.1, 0.15) is 18.4 Å². The van der Waals surface area contributed by atoms with Gasteiger partial charge in [-0.25, -0.2) is 12.8 Å². The molecule has 0 aliphatic rings.